The van der Waals surface area contributed by atoms with E-state index in [1.165, 1.54) is 12.1 Å². The molecular formula is C10H8BrF6NO2. The second-order valence-corrected chi connectivity index (χ2v) is 4.27. The van der Waals surface area contributed by atoms with Crippen LogP contribution >= 0.6 is 15.9 Å². The van der Waals surface area contributed by atoms with Gasteiger partial charge < -0.3 is 10.1 Å². The first kappa shape index (κ1) is 16.9. The summed E-state index contributed by atoms with van der Waals surface area (Å²) in [6.45, 7) is -0.784. The third-order valence-electron chi connectivity index (χ3n) is 1.85. The highest BCUT2D eigenvalue weighted by Crippen LogP contribution is 2.32. The molecule has 0 amide bonds. The lowest BCUT2D eigenvalue weighted by Crippen LogP contribution is -2.19. The molecule has 20 heavy (non-hydrogen) atoms. The Balaban J connectivity index is 2.51. The molecule has 0 aliphatic rings. The van der Waals surface area contributed by atoms with Crippen molar-refractivity contribution >= 4 is 21.6 Å². The van der Waals surface area contributed by atoms with Crippen LogP contribution in [0.4, 0.5) is 32.0 Å². The van der Waals surface area contributed by atoms with E-state index >= 15 is 0 Å². The molecular weight excluding hydrogens is 360 g/mol. The molecule has 3 nitrogen and oxygen atoms in total. The van der Waals surface area contributed by atoms with E-state index in [-0.39, 0.29) is 11.0 Å². The van der Waals surface area contributed by atoms with Crippen molar-refractivity contribution in [1.82, 2.24) is 0 Å². The van der Waals surface area contributed by atoms with Gasteiger partial charge in [-0.1, -0.05) is 0 Å². The molecule has 1 aromatic rings. The molecule has 0 aromatic heterocycles. The minimum Gasteiger partial charge on any atom is -0.405 e. The van der Waals surface area contributed by atoms with E-state index in [0.717, 1.165) is 6.07 Å². The molecule has 0 spiro atoms. The third-order valence-corrected chi connectivity index (χ3v) is 2.47. The lowest BCUT2D eigenvalue weighted by atomic mass is 10.3. The second kappa shape index (κ2) is 6.53. The number of alkyl halides is 6. The maximum Gasteiger partial charge on any atom is 0.573 e. The molecule has 10 heteroatoms. The number of ether oxygens (including phenoxy) is 2. The number of rotatable bonds is 5. The third kappa shape index (κ3) is 6.85. The van der Waals surface area contributed by atoms with Crippen molar-refractivity contribution < 1.29 is 35.8 Å². The Bertz CT molecular complexity index is 448. The van der Waals surface area contributed by atoms with Crippen molar-refractivity contribution in [3.05, 3.63) is 22.7 Å². The first-order valence-electron chi connectivity index (χ1n) is 5.07. The van der Waals surface area contributed by atoms with Crippen molar-refractivity contribution in [2.75, 3.05) is 18.5 Å². The first-order valence-corrected chi connectivity index (χ1v) is 5.86. The predicted octanol–water partition coefficient (Wildman–Crippen LogP) is 4.30. The summed E-state index contributed by atoms with van der Waals surface area (Å²) in [7, 11) is 0. The summed E-state index contributed by atoms with van der Waals surface area (Å²) in [4.78, 5) is 0. The minimum atomic E-state index is -4.82. The van der Waals surface area contributed by atoms with Crippen molar-refractivity contribution in [3.8, 4) is 5.75 Å². The normalized spacial score (nSPS) is 12.3. The van der Waals surface area contributed by atoms with Gasteiger partial charge in [-0.2, -0.15) is 0 Å². The van der Waals surface area contributed by atoms with Crippen LogP contribution in [0.2, 0.25) is 0 Å². The number of hydrogen-bond donors (Lipinski definition) is 1. The molecule has 0 atom stereocenters. The van der Waals surface area contributed by atoms with Gasteiger partial charge in [0.25, 0.3) is 0 Å². The number of nitrogens with one attached hydrogen (secondary N) is 1. The molecule has 0 aliphatic heterocycles. The summed E-state index contributed by atoms with van der Waals surface area (Å²) < 4.78 is 78.3. The van der Waals surface area contributed by atoms with E-state index in [0.29, 0.717) is 5.69 Å². The molecule has 0 bridgehead atoms. The SMILES string of the molecule is FC(F)(F)OCCNc1ccc(OC(F)(F)F)c(Br)c1. The van der Waals surface area contributed by atoms with Gasteiger partial charge >= 0.3 is 12.7 Å². The zero-order valence-corrected chi connectivity index (χ0v) is 11.2. The van der Waals surface area contributed by atoms with Crippen molar-refractivity contribution in [2.24, 2.45) is 0 Å². The molecule has 114 valence electrons. The van der Waals surface area contributed by atoms with Gasteiger partial charge in [0, 0.05) is 12.2 Å². The van der Waals surface area contributed by atoms with Crippen LogP contribution in [-0.2, 0) is 4.74 Å². The van der Waals surface area contributed by atoms with Crippen LogP contribution in [0, 0.1) is 0 Å². The summed E-state index contributed by atoms with van der Waals surface area (Å²) in [5.74, 6) is -0.449. The van der Waals surface area contributed by atoms with E-state index in [2.05, 4.69) is 30.7 Å². The van der Waals surface area contributed by atoms with Crippen LogP contribution in [0.1, 0.15) is 0 Å². The minimum absolute atomic E-state index is 0.0107. The molecule has 0 saturated heterocycles. The van der Waals surface area contributed by atoms with Gasteiger partial charge in [-0.25, -0.2) is 0 Å². The maximum atomic E-state index is 12.0. The topological polar surface area (TPSA) is 30.5 Å². The van der Waals surface area contributed by atoms with Gasteiger partial charge in [-0.05, 0) is 34.1 Å². The lowest BCUT2D eigenvalue weighted by Gasteiger charge is -2.13. The fraction of sp³-hybridized carbons (Fsp3) is 0.400. The lowest BCUT2D eigenvalue weighted by molar-refractivity contribution is -0.322. The Morgan fingerprint density at radius 3 is 2.20 bits per heavy atom. The zero-order chi connectivity index (χ0) is 15.4. The van der Waals surface area contributed by atoms with Gasteiger partial charge in [0.05, 0.1) is 11.1 Å². The van der Waals surface area contributed by atoms with E-state index in [1.54, 1.807) is 0 Å². The summed E-state index contributed by atoms with van der Waals surface area (Å²) in [6.07, 6.45) is -9.54. The molecule has 1 aromatic carbocycles. The van der Waals surface area contributed by atoms with Crippen LogP contribution in [0.25, 0.3) is 0 Å². The quantitative estimate of drug-likeness (QED) is 0.621. The zero-order valence-electron chi connectivity index (χ0n) is 9.61. The molecule has 1 rings (SSSR count). The standard InChI is InChI=1S/C10H8BrF6NO2/c11-7-5-6(18-3-4-19-9(12,13)14)1-2-8(7)20-10(15,16)17/h1-2,5,18H,3-4H2. The van der Waals surface area contributed by atoms with Crippen molar-refractivity contribution in [1.29, 1.82) is 0 Å². The number of anilines is 1. The predicted molar refractivity (Wildman–Crippen MR) is 61.3 cm³/mol. The number of hydrogen-bond acceptors (Lipinski definition) is 3. The van der Waals surface area contributed by atoms with Crippen LogP contribution in [0.5, 0.6) is 5.75 Å². The number of halogens is 7. The summed E-state index contributed by atoms with van der Waals surface area (Å²) in [5, 5.41) is 2.56. The first-order chi connectivity index (χ1) is 9.07. The van der Waals surface area contributed by atoms with Crippen LogP contribution < -0.4 is 10.1 Å². The molecule has 0 unspecified atom stereocenters. The molecule has 0 heterocycles. The maximum absolute atomic E-state index is 12.0. The van der Waals surface area contributed by atoms with Crippen molar-refractivity contribution in [3.63, 3.8) is 0 Å². The van der Waals surface area contributed by atoms with Gasteiger partial charge in [0.15, 0.2) is 0 Å². The Morgan fingerprint density at radius 1 is 1.05 bits per heavy atom. The van der Waals surface area contributed by atoms with Crippen molar-refractivity contribution in [2.45, 2.75) is 12.7 Å². The van der Waals surface area contributed by atoms with E-state index in [4.69, 9.17) is 0 Å². The van der Waals surface area contributed by atoms with Gasteiger partial charge in [-0.3, -0.25) is 4.74 Å². The Hall–Kier alpha value is -1.16. The average molecular weight is 368 g/mol. The Kier molecular flexibility index (Phi) is 5.51. The average Bonchev–Trinajstić information content (AvgIpc) is 2.25. The fourth-order valence-corrected chi connectivity index (χ4v) is 1.64. The Morgan fingerprint density at radius 2 is 1.70 bits per heavy atom. The highest BCUT2D eigenvalue weighted by atomic mass is 79.9. The van der Waals surface area contributed by atoms with Gasteiger partial charge in [0.2, 0.25) is 0 Å². The second-order valence-electron chi connectivity index (χ2n) is 3.41. The van der Waals surface area contributed by atoms with Crippen LogP contribution in [-0.4, -0.2) is 25.9 Å². The van der Waals surface area contributed by atoms with Gasteiger partial charge in [0.1, 0.15) is 5.75 Å². The molecule has 0 fully saturated rings. The van der Waals surface area contributed by atoms with E-state index in [1.807, 2.05) is 0 Å². The number of benzene rings is 1. The summed E-state index contributed by atoms with van der Waals surface area (Å²) >= 11 is 2.86. The van der Waals surface area contributed by atoms with Crippen LogP contribution in [0.3, 0.4) is 0 Å². The smallest absolute Gasteiger partial charge is 0.405 e. The largest absolute Gasteiger partial charge is 0.573 e. The highest BCUT2D eigenvalue weighted by molar-refractivity contribution is 9.10. The summed E-state index contributed by atoms with van der Waals surface area (Å²) in [5.41, 5.74) is 0.317. The monoisotopic (exact) mass is 367 g/mol. The highest BCUT2D eigenvalue weighted by Gasteiger charge is 2.32. The van der Waals surface area contributed by atoms with E-state index in [9.17, 15) is 26.3 Å². The molecule has 0 radical (unpaired) electrons. The van der Waals surface area contributed by atoms with E-state index < -0.39 is 25.1 Å². The molecule has 1 N–H and O–H groups in total. The molecule has 0 saturated carbocycles. The van der Waals surface area contributed by atoms with Crippen LogP contribution in [0.15, 0.2) is 22.7 Å². The molecule has 0 aliphatic carbocycles. The fourth-order valence-electron chi connectivity index (χ4n) is 1.18. The van der Waals surface area contributed by atoms with Gasteiger partial charge in [-0.15, -0.1) is 26.3 Å². The summed E-state index contributed by atoms with van der Waals surface area (Å²) in [6, 6.07) is 3.51. The Labute approximate surface area is 118 Å².